The average molecular weight is 370 g/mol. The normalized spacial score (nSPS) is 24.2. The summed E-state index contributed by atoms with van der Waals surface area (Å²) >= 11 is 0. The molecular weight excluding hydrogens is 340 g/mol. The van der Waals surface area contributed by atoms with Crippen LogP contribution in [-0.4, -0.2) is 67.0 Å². The van der Waals surface area contributed by atoms with Crippen molar-refractivity contribution in [3.05, 3.63) is 30.1 Å². The molecule has 1 saturated heterocycles. The molecule has 0 unspecified atom stereocenters. The van der Waals surface area contributed by atoms with Gasteiger partial charge in [-0.05, 0) is 49.8 Å². The number of nitrogens with zero attached hydrogens (tertiary/aromatic N) is 3. The van der Waals surface area contributed by atoms with Gasteiger partial charge in [0, 0.05) is 37.7 Å². The predicted molar refractivity (Wildman–Crippen MR) is 107 cm³/mol. The number of rotatable bonds is 6. The third kappa shape index (κ3) is 4.57. The fourth-order valence-electron chi connectivity index (χ4n) is 4.32. The van der Waals surface area contributed by atoms with Gasteiger partial charge in [0.25, 0.3) is 0 Å². The second-order valence-electron chi connectivity index (χ2n) is 7.61. The Morgan fingerprint density at radius 3 is 2.74 bits per heavy atom. The third-order valence-corrected chi connectivity index (χ3v) is 5.89. The Bertz CT molecular complexity index is 740. The van der Waals surface area contributed by atoms with Gasteiger partial charge in [0.05, 0.1) is 25.3 Å². The molecule has 2 fully saturated rings. The van der Waals surface area contributed by atoms with Crippen molar-refractivity contribution in [2.45, 2.75) is 44.2 Å². The van der Waals surface area contributed by atoms with Crippen LogP contribution in [0, 0.1) is 0 Å². The quantitative estimate of drug-likeness (QED) is 0.844. The summed E-state index contributed by atoms with van der Waals surface area (Å²) in [7, 11) is 1.74. The van der Waals surface area contributed by atoms with Gasteiger partial charge in [0.2, 0.25) is 0 Å². The highest BCUT2D eigenvalue weighted by Crippen LogP contribution is 2.28. The first-order valence-corrected chi connectivity index (χ1v) is 10.1. The Morgan fingerprint density at radius 2 is 1.96 bits per heavy atom. The molecule has 146 valence electrons. The van der Waals surface area contributed by atoms with Gasteiger partial charge >= 0.3 is 0 Å². The summed E-state index contributed by atoms with van der Waals surface area (Å²) < 4.78 is 10.7. The summed E-state index contributed by atoms with van der Waals surface area (Å²) in [6.07, 6.45) is 7.46. The van der Waals surface area contributed by atoms with Gasteiger partial charge in [-0.25, -0.2) is 9.97 Å². The molecule has 6 heteroatoms. The van der Waals surface area contributed by atoms with Crippen molar-refractivity contribution < 1.29 is 9.47 Å². The van der Waals surface area contributed by atoms with E-state index in [-0.39, 0.29) is 0 Å². The summed E-state index contributed by atoms with van der Waals surface area (Å²) in [6, 6.07) is 7.63. The van der Waals surface area contributed by atoms with Gasteiger partial charge in [-0.15, -0.1) is 0 Å². The molecule has 1 saturated carbocycles. The molecular formula is C21H30N4O2. The number of morpholine rings is 1. The van der Waals surface area contributed by atoms with Crippen LogP contribution in [0.5, 0.6) is 0 Å². The second-order valence-corrected chi connectivity index (χ2v) is 7.61. The Kier molecular flexibility index (Phi) is 6.17. The van der Waals surface area contributed by atoms with E-state index in [0.29, 0.717) is 6.04 Å². The number of benzene rings is 1. The molecule has 0 spiro atoms. The molecule has 0 amide bonds. The third-order valence-electron chi connectivity index (χ3n) is 5.89. The molecule has 6 nitrogen and oxygen atoms in total. The second kappa shape index (κ2) is 8.95. The Morgan fingerprint density at radius 1 is 1.15 bits per heavy atom. The summed E-state index contributed by atoms with van der Waals surface area (Å²) in [6.45, 7) is 4.67. The molecule has 1 aromatic carbocycles. The van der Waals surface area contributed by atoms with Crippen LogP contribution in [-0.2, 0) is 15.9 Å². The number of ether oxygens (including phenoxy) is 2. The van der Waals surface area contributed by atoms with E-state index in [4.69, 9.17) is 9.47 Å². The van der Waals surface area contributed by atoms with Crippen LogP contribution in [0.3, 0.4) is 0 Å². The Labute approximate surface area is 161 Å². The van der Waals surface area contributed by atoms with Crippen molar-refractivity contribution in [2.75, 3.05) is 45.3 Å². The fourth-order valence-corrected chi connectivity index (χ4v) is 4.32. The zero-order chi connectivity index (χ0) is 18.5. The summed E-state index contributed by atoms with van der Waals surface area (Å²) in [4.78, 5) is 11.6. The molecule has 1 aromatic heterocycles. The maximum Gasteiger partial charge on any atom is 0.137 e. The minimum absolute atomic E-state index is 0.489. The number of hydrogen-bond donors (Lipinski definition) is 1. The lowest BCUT2D eigenvalue weighted by Crippen LogP contribution is -2.46. The topological polar surface area (TPSA) is 59.5 Å². The smallest absolute Gasteiger partial charge is 0.137 e. The molecule has 2 heterocycles. The molecule has 27 heavy (non-hydrogen) atoms. The van der Waals surface area contributed by atoms with Gasteiger partial charge in [-0.1, -0.05) is 6.07 Å². The lowest BCUT2D eigenvalue weighted by atomic mass is 9.90. The van der Waals surface area contributed by atoms with Gasteiger partial charge < -0.3 is 14.8 Å². The molecule has 2 aromatic rings. The maximum atomic E-state index is 5.49. The van der Waals surface area contributed by atoms with Gasteiger partial charge in [-0.3, -0.25) is 4.90 Å². The van der Waals surface area contributed by atoms with Crippen LogP contribution in [0.25, 0.3) is 10.9 Å². The molecule has 1 aliphatic carbocycles. The van der Waals surface area contributed by atoms with Crippen molar-refractivity contribution in [2.24, 2.45) is 0 Å². The highest BCUT2D eigenvalue weighted by molar-refractivity contribution is 5.89. The summed E-state index contributed by atoms with van der Waals surface area (Å²) in [5.41, 5.74) is 2.26. The first kappa shape index (κ1) is 18.6. The van der Waals surface area contributed by atoms with E-state index < -0.39 is 0 Å². The van der Waals surface area contributed by atoms with Crippen molar-refractivity contribution in [3.63, 3.8) is 0 Å². The standard InChI is InChI=1S/C21H30N4O2/c1-26-11-8-16-2-7-20-19(14-16)21(23-15-22-20)24-17-3-5-18(6-4-17)25-9-12-27-13-10-25/h2,7,14-15,17-18H,3-6,8-13H2,1H3,(H,22,23,24)/t17-,18-. The van der Waals surface area contributed by atoms with E-state index in [1.165, 1.54) is 31.2 Å². The van der Waals surface area contributed by atoms with E-state index in [2.05, 4.69) is 38.4 Å². The van der Waals surface area contributed by atoms with Crippen molar-refractivity contribution in [3.8, 4) is 0 Å². The maximum absolute atomic E-state index is 5.49. The lowest BCUT2D eigenvalue weighted by Gasteiger charge is -2.39. The predicted octanol–water partition coefficient (Wildman–Crippen LogP) is 2.87. The van der Waals surface area contributed by atoms with E-state index >= 15 is 0 Å². The zero-order valence-electron chi connectivity index (χ0n) is 16.2. The largest absolute Gasteiger partial charge is 0.384 e. The summed E-state index contributed by atoms with van der Waals surface area (Å²) in [5, 5.41) is 4.82. The highest BCUT2D eigenvalue weighted by atomic mass is 16.5. The average Bonchev–Trinajstić information content (AvgIpc) is 2.74. The zero-order valence-corrected chi connectivity index (χ0v) is 16.2. The van der Waals surface area contributed by atoms with E-state index in [9.17, 15) is 0 Å². The Hall–Kier alpha value is -1.76. The van der Waals surface area contributed by atoms with Crippen molar-refractivity contribution >= 4 is 16.7 Å². The number of nitrogens with one attached hydrogen (secondary N) is 1. The van der Waals surface area contributed by atoms with Gasteiger partial charge in [0.15, 0.2) is 0 Å². The van der Waals surface area contributed by atoms with Crippen LogP contribution in [0.2, 0.25) is 0 Å². The first-order valence-electron chi connectivity index (χ1n) is 10.1. The van der Waals surface area contributed by atoms with Crippen molar-refractivity contribution in [1.82, 2.24) is 14.9 Å². The number of fused-ring (bicyclic) bond motifs is 1. The summed E-state index contributed by atoms with van der Waals surface area (Å²) in [5.74, 6) is 0.967. The molecule has 4 rings (SSSR count). The van der Waals surface area contributed by atoms with Crippen LogP contribution < -0.4 is 5.32 Å². The molecule has 0 bridgehead atoms. The van der Waals surface area contributed by atoms with E-state index in [0.717, 1.165) is 62.1 Å². The van der Waals surface area contributed by atoms with E-state index in [1.807, 2.05) is 0 Å². The highest BCUT2D eigenvalue weighted by Gasteiger charge is 2.27. The van der Waals surface area contributed by atoms with Crippen LogP contribution >= 0.6 is 0 Å². The molecule has 2 aliphatic rings. The molecule has 1 N–H and O–H groups in total. The minimum atomic E-state index is 0.489. The van der Waals surface area contributed by atoms with Gasteiger partial charge in [0.1, 0.15) is 12.1 Å². The van der Waals surface area contributed by atoms with Crippen LogP contribution in [0.4, 0.5) is 5.82 Å². The first-order chi connectivity index (χ1) is 13.3. The fraction of sp³-hybridized carbons (Fsp3) is 0.619. The van der Waals surface area contributed by atoms with Crippen molar-refractivity contribution in [1.29, 1.82) is 0 Å². The SMILES string of the molecule is COCCc1ccc2ncnc(N[C@H]3CC[C@H](N4CCOCC4)CC3)c2c1. The minimum Gasteiger partial charge on any atom is -0.384 e. The molecule has 0 atom stereocenters. The lowest BCUT2D eigenvalue weighted by molar-refractivity contribution is 0.00791. The number of hydrogen-bond acceptors (Lipinski definition) is 6. The van der Waals surface area contributed by atoms with Crippen LogP contribution in [0.1, 0.15) is 31.2 Å². The number of anilines is 1. The molecule has 1 aliphatic heterocycles. The number of aromatic nitrogens is 2. The molecule has 0 radical (unpaired) electrons. The Balaban J connectivity index is 1.41. The monoisotopic (exact) mass is 370 g/mol. The number of methoxy groups -OCH3 is 1. The van der Waals surface area contributed by atoms with E-state index in [1.54, 1.807) is 13.4 Å². The van der Waals surface area contributed by atoms with Gasteiger partial charge in [-0.2, -0.15) is 0 Å². The van der Waals surface area contributed by atoms with Crippen LogP contribution in [0.15, 0.2) is 24.5 Å².